The maximum absolute atomic E-state index is 13.0. The summed E-state index contributed by atoms with van der Waals surface area (Å²) in [6, 6.07) is 9.80. The molecule has 0 saturated carbocycles. The zero-order valence-electron chi connectivity index (χ0n) is 11.0. The Hall–Kier alpha value is -2.68. The molecule has 0 aromatic heterocycles. The van der Waals surface area contributed by atoms with Crippen LogP contribution in [0.4, 0.5) is 18.9 Å². The first-order valence-electron chi connectivity index (χ1n) is 5.96. The van der Waals surface area contributed by atoms with Crippen LogP contribution in [0.2, 0.25) is 0 Å². The first kappa shape index (κ1) is 14.7. The summed E-state index contributed by atoms with van der Waals surface area (Å²) in [5, 5.41) is 9.02. The zero-order chi connectivity index (χ0) is 15.6. The van der Waals surface area contributed by atoms with Crippen LogP contribution in [0.25, 0.3) is 0 Å². The monoisotopic (exact) mass is 292 g/mol. The maximum Gasteiger partial charge on any atom is 0.420 e. The third-order valence-electron chi connectivity index (χ3n) is 2.78. The van der Waals surface area contributed by atoms with Crippen LogP contribution >= 0.6 is 0 Å². The number of nitrogens with two attached hydrogens (primary N) is 1. The molecule has 6 heteroatoms. The summed E-state index contributed by atoms with van der Waals surface area (Å²) in [5.41, 5.74) is 5.37. The smallest absolute Gasteiger partial charge is 0.420 e. The van der Waals surface area contributed by atoms with Crippen molar-refractivity contribution >= 4 is 5.69 Å². The van der Waals surface area contributed by atoms with E-state index in [1.165, 1.54) is 12.1 Å². The number of benzene rings is 2. The van der Waals surface area contributed by atoms with Gasteiger partial charge >= 0.3 is 6.18 Å². The fraction of sp³-hybridized carbons (Fsp3) is 0.133. The highest BCUT2D eigenvalue weighted by molar-refractivity contribution is 5.52. The highest BCUT2D eigenvalue weighted by Gasteiger charge is 2.35. The molecule has 0 aliphatic heterocycles. The summed E-state index contributed by atoms with van der Waals surface area (Å²) in [6.45, 7) is 1.77. The van der Waals surface area contributed by atoms with Gasteiger partial charge in [0.15, 0.2) is 0 Å². The number of aryl methyl sites for hydroxylation is 1. The van der Waals surface area contributed by atoms with E-state index >= 15 is 0 Å². The van der Waals surface area contributed by atoms with Gasteiger partial charge in [0.25, 0.3) is 0 Å². The standard InChI is InChI=1S/C15H11F3N2O/c1-9-2-4-13(10(6-9)8-19)21-14-5-3-11(20)7-12(14)15(16,17)18/h2-7H,20H2,1H3. The number of anilines is 1. The fourth-order valence-corrected chi connectivity index (χ4v) is 1.80. The lowest BCUT2D eigenvalue weighted by Crippen LogP contribution is -2.08. The van der Waals surface area contributed by atoms with Crippen LogP contribution < -0.4 is 10.5 Å². The first-order chi connectivity index (χ1) is 9.81. The van der Waals surface area contributed by atoms with Crippen molar-refractivity contribution in [3.63, 3.8) is 0 Å². The summed E-state index contributed by atoms with van der Waals surface area (Å²) in [4.78, 5) is 0. The van der Waals surface area contributed by atoms with E-state index in [-0.39, 0.29) is 17.0 Å². The first-order valence-corrected chi connectivity index (χ1v) is 5.96. The molecular weight excluding hydrogens is 281 g/mol. The molecule has 0 aliphatic rings. The molecule has 2 aromatic rings. The van der Waals surface area contributed by atoms with Gasteiger partial charge in [0.2, 0.25) is 0 Å². The third-order valence-corrected chi connectivity index (χ3v) is 2.78. The van der Waals surface area contributed by atoms with Crippen LogP contribution in [0.1, 0.15) is 16.7 Å². The molecule has 108 valence electrons. The van der Waals surface area contributed by atoms with Crippen molar-refractivity contribution in [3.05, 3.63) is 53.1 Å². The average molecular weight is 292 g/mol. The highest BCUT2D eigenvalue weighted by atomic mass is 19.4. The van der Waals surface area contributed by atoms with Crippen molar-refractivity contribution in [2.24, 2.45) is 0 Å². The predicted octanol–water partition coefficient (Wildman–Crippen LogP) is 4.26. The van der Waals surface area contributed by atoms with Gasteiger partial charge in [-0.25, -0.2) is 0 Å². The Kier molecular flexibility index (Phi) is 3.76. The molecule has 2 aromatic carbocycles. The van der Waals surface area contributed by atoms with Gasteiger partial charge in [0.1, 0.15) is 23.1 Å². The van der Waals surface area contributed by atoms with E-state index < -0.39 is 17.5 Å². The van der Waals surface area contributed by atoms with Gasteiger partial charge in [-0.3, -0.25) is 0 Å². The van der Waals surface area contributed by atoms with Gasteiger partial charge in [-0.15, -0.1) is 0 Å². The Morgan fingerprint density at radius 3 is 2.38 bits per heavy atom. The van der Waals surface area contributed by atoms with Gasteiger partial charge in [-0.05, 0) is 42.8 Å². The molecule has 21 heavy (non-hydrogen) atoms. The summed E-state index contributed by atoms with van der Waals surface area (Å²) in [6.07, 6.45) is -4.60. The topological polar surface area (TPSA) is 59.0 Å². The van der Waals surface area contributed by atoms with E-state index in [0.29, 0.717) is 0 Å². The Morgan fingerprint density at radius 2 is 1.76 bits per heavy atom. The molecule has 0 unspecified atom stereocenters. The Labute approximate surface area is 119 Å². The normalized spacial score (nSPS) is 11.0. The number of rotatable bonds is 2. The van der Waals surface area contributed by atoms with Gasteiger partial charge < -0.3 is 10.5 Å². The van der Waals surface area contributed by atoms with Crippen molar-refractivity contribution in [1.29, 1.82) is 5.26 Å². The minimum atomic E-state index is -4.60. The number of ether oxygens (including phenoxy) is 1. The van der Waals surface area contributed by atoms with Crippen LogP contribution in [0, 0.1) is 18.3 Å². The molecule has 0 atom stereocenters. The second-order valence-electron chi connectivity index (χ2n) is 4.47. The van der Waals surface area contributed by atoms with Crippen LogP contribution in [0.5, 0.6) is 11.5 Å². The molecule has 0 radical (unpaired) electrons. The minimum Gasteiger partial charge on any atom is -0.455 e. The second-order valence-corrected chi connectivity index (χ2v) is 4.47. The van der Waals surface area contributed by atoms with Crippen molar-refractivity contribution < 1.29 is 17.9 Å². The number of nitrogens with zero attached hydrogens (tertiary/aromatic N) is 1. The number of alkyl halides is 3. The number of nitriles is 1. The van der Waals surface area contributed by atoms with E-state index in [1.54, 1.807) is 19.1 Å². The van der Waals surface area contributed by atoms with E-state index in [9.17, 15) is 13.2 Å². The maximum atomic E-state index is 13.0. The molecule has 2 N–H and O–H groups in total. The van der Waals surface area contributed by atoms with E-state index in [2.05, 4.69) is 0 Å². The lowest BCUT2D eigenvalue weighted by Gasteiger charge is -2.15. The quantitative estimate of drug-likeness (QED) is 0.841. The molecular formula is C15H11F3N2O. The Morgan fingerprint density at radius 1 is 1.10 bits per heavy atom. The summed E-state index contributed by atoms with van der Waals surface area (Å²) in [5.74, 6) is -0.324. The molecule has 0 fully saturated rings. The molecule has 0 saturated heterocycles. The Balaban J connectivity index is 2.48. The van der Waals surface area contributed by atoms with Crippen molar-refractivity contribution in [3.8, 4) is 17.6 Å². The Bertz CT molecular complexity index is 718. The van der Waals surface area contributed by atoms with E-state index in [4.69, 9.17) is 15.7 Å². The van der Waals surface area contributed by atoms with Gasteiger partial charge in [0.05, 0.1) is 5.56 Å². The highest BCUT2D eigenvalue weighted by Crippen LogP contribution is 2.39. The van der Waals surface area contributed by atoms with Crippen LogP contribution in [0.15, 0.2) is 36.4 Å². The number of hydrogen-bond acceptors (Lipinski definition) is 3. The number of halogens is 3. The van der Waals surface area contributed by atoms with Crippen molar-refractivity contribution in [1.82, 2.24) is 0 Å². The van der Waals surface area contributed by atoms with Crippen molar-refractivity contribution in [2.75, 3.05) is 5.73 Å². The van der Waals surface area contributed by atoms with E-state index in [0.717, 1.165) is 17.7 Å². The number of nitrogen functional groups attached to an aromatic ring is 1. The zero-order valence-corrected chi connectivity index (χ0v) is 11.0. The van der Waals surface area contributed by atoms with Gasteiger partial charge in [-0.2, -0.15) is 18.4 Å². The van der Waals surface area contributed by atoms with Crippen molar-refractivity contribution in [2.45, 2.75) is 13.1 Å². The van der Waals surface area contributed by atoms with Gasteiger partial charge in [-0.1, -0.05) is 6.07 Å². The lowest BCUT2D eigenvalue weighted by molar-refractivity contribution is -0.138. The molecule has 0 aliphatic carbocycles. The van der Waals surface area contributed by atoms with Gasteiger partial charge in [0, 0.05) is 5.69 Å². The SMILES string of the molecule is Cc1ccc(Oc2ccc(N)cc2C(F)(F)F)c(C#N)c1. The van der Waals surface area contributed by atoms with E-state index in [1.807, 2.05) is 6.07 Å². The van der Waals surface area contributed by atoms with Crippen LogP contribution in [-0.4, -0.2) is 0 Å². The van der Waals surface area contributed by atoms with Crippen LogP contribution in [-0.2, 0) is 6.18 Å². The largest absolute Gasteiger partial charge is 0.455 e. The minimum absolute atomic E-state index is 0.0147. The molecule has 0 bridgehead atoms. The molecule has 0 spiro atoms. The average Bonchev–Trinajstić information content (AvgIpc) is 2.41. The second kappa shape index (κ2) is 5.37. The predicted molar refractivity (Wildman–Crippen MR) is 71.8 cm³/mol. The summed E-state index contributed by atoms with van der Waals surface area (Å²) >= 11 is 0. The number of hydrogen-bond donors (Lipinski definition) is 1. The van der Waals surface area contributed by atoms with Crippen LogP contribution in [0.3, 0.4) is 0 Å². The molecule has 0 heterocycles. The lowest BCUT2D eigenvalue weighted by atomic mass is 10.1. The third kappa shape index (κ3) is 3.26. The molecule has 2 rings (SSSR count). The molecule has 0 amide bonds. The summed E-state index contributed by atoms with van der Waals surface area (Å²) < 4.78 is 44.2. The summed E-state index contributed by atoms with van der Waals surface area (Å²) in [7, 11) is 0. The fourth-order valence-electron chi connectivity index (χ4n) is 1.80. The molecule has 3 nitrogen and oxygen atoms in total.